The van der Waals surface area contributed by atoms with Gasteiger partial charge in [-0.15, -0.1) is 0 Å². The van der Waals surface area contributed by atoms with Crippen LogP contribution >= 0.6 is 0 Å². The van der Waals surface area contributed by atoms with Gasteiger partial charge in [0.2, 0.25) is 0 Å². The van der Waals surface area contributed by atoms with Crippen LogP contribution in [0.15, 0.2) is 23.6 Å². The zero-order chi connectivity index (χ0) is 10.1. The SMILES string of the molecule is CC1CC([C@@H](N)C2CCC2)=CC=C1F. The molecule has 0 saturated heterocycles. The Morgan fingerprint density at radius 1 is 1.43 bits per heavy atom. The Bertz CT molecular complexity index is 276. The van der Waals surface area contributed by atoms with Crippen molar-refractivity contribution in [1.29, 1.82) is 0 Å². The van der Waals surface area contributed by atoms with E-state index in [1.807, 2.05) is 13.0 Å². The number of halogens is 1. The predicted octanol–water partition coefficient (Wildman–Crippen LogP) is 2.93. The van der Waals surface area contributed by atoms with E-state index >= 15 is 0 Å². The van der Waals surface area contributed by atoms with Crippen molar-refractivity contribution in [3.63, 3.8) is 0 Å². The Hall–Kier alpha value is -0.630. The zero-order valence-electron chi connectivity index (χ0n) is 8.67. The Labute approximate surface area is 84.9 Å². The molecule has 1 unspecified atom stereocenters. The Morgan fingerprint density at radius 3 is 2.64 bits per heavy atom. The van der Waals surface area contributed by atoms with Crippen LogP contribution in [-0.4, -0.2) is 6.04 Å². The van der Waals surface area contributed by atoms with Gasteiger partial charge in [-0.25, -0.2) is 4.39 Å². The summed E-state index contributed by atoms with van der Waals surface area (Å²) in [6, 6.07) is 0.176. The molecule has 0 heterocycles. The van der Waals surface area contributed by atoms with Gasteiger partial charge in [-0.3, -0.25) is 0 Å². The lowest BCUT2D eigenvalue weighted by molar-refractivity contribution is 0.275. The molecular formula is C12H18FN. The van der Waals surface area contributed by atoms with Crippen LogP contribution in [0.3, 0.4) is 0 Å². The molecule has 2 aliphatic rings. The average Bonchev–Trinajstić information content (AvgIpc) is 2.06. The summed E-state index contributed by atoms with van der Waals surface area (Å²) in [5.41, 5.74) is 7.38. The van der Waals surface area contributed by atoms with E-state index < -0.39 is 0 Å². The standard InChI is InChI=1S/C12H18FN/c1-8-7-10(5-6-11(8)13)12(14)9-3-2-4-9/h5-6,8-9,12H,2-4,7,14H2,1H3/t8?,12-/m0/s1. The van der Waals surface area contributed by atoms with Gasteiger partial charge in [0.05, 0.1) is 0 Å². The molecule has 2 heteroatoms. The summed E-state index contributed by atoms with van der Waals surface area (Å²) in [5.74, 6) is 0.679. The maximum absolute atomic E-state index is 13.1. The molecule has 0 radical (unpaired) electrons. The molecule has 1 fully saturated rings. The third-order valence-electron chi connectivity index (χ3n) is 3.56. The lowest BCUT2D eigenvalue weighted by Crippen LogP contribution is -2.37. The fourth-order valence-corrected chi connectivity index (χ4v) is 2.22. The molecule has 0 amide bonds. The number of allylic oxidation sites excluding steroid dienone is 3. The molecule has 2 atom stereocenters. The Kier molecular flexibility index (Phi) is 2.73. The molecule has 0 aliphatic heterocycles. The second-order valence-corrected chi connectivity index (χ2v) is 4.62. The molecule has 0 aromatic heterocycles. The van der Waals surface area contributed by atoms with E-state index in [-0.39, 0.29) is 17.8 Å². The van der Waals surface area contributed by atoms with Gasteiger partial charge >= 0.3 is 0 Å². The lowest BCUT2D eigenvalue weighted by Gasteiger charge is -2.34. The van der Waals surface area contributed by atoms with E-state index in [9.17, 15) is 4.39 Å². The summed E-state index contributed by atoms with van der Waals surface area (Å²) >= 11 is 0. The van der Waals surface area contributed by atoms with Gasteiger partial charge in [-0.1, -0.05) is 25.0 Å². The van der Waals surface area contributed by atoms with Crippen molar-refractivity contribution < 1.29 is 4.39 Å². The van der Waals surface area contributed by atoms with Crippen molar-refractivity contribution in [3.05, 3.63) is 23.6 Å². The quantitative estimate of drug-likeness (QED) is 0.720. The van der Waals surface area contributed by atoms with Crippen LogP contribution in [0.1, 0.15) is 32.6 Å². The van der Waals surface area contributed by atoms with E-state index in [1.54, 1.807) is 6.08 Å². The number of nitrogens with two attached hydrogens (primary N) is 1. The van der Waals surface area contributed by atoms with E-state index in [2.05, 4.69) is 0 Å². The van der Waals surface area contributed by atoms with Crippen molar-refractivity contribution in [2.24, 2.45) is 17.6 Å². The van der Waals surface area contributed by atoms with E-state index in [0.29, 0.717) is 5.92 Å². The van der Waals surface area contributed by atoms with Gasteiger partial charge in [-0.2, -0.15) is 0 Å². The fraction of sp³-hybridized carbons (Fsp3) is 0.667. The number of hydrogen-bond donors (Lipinski definition) is 1. The average molecular weight is 195 g/mol. The minimum absolute atomic E-state index is 0.00504. The molecular weight excluding hydrogens is 177 g/mol. The van der Waals surface area contributed by atoms with Gasteiger partial charge in [0.25, 0.3) is 0 Å². The van der Waals surface area contributed by atoms with Crippen molar-refractivity contribution in [1.82, 2.24) is 0 Å². The van der Waals surface area contributed by atoms with E-state index in [4.69, 9.17) is 5.73 Å². The van der Waals surface area contributed by atoms with E-state index in [0.717, 1.165) is 6.42 Å². The molecule has 0 spiro atoms. The van der Waals surface area contributed by atoms with Crippen LogP contribution in [-0.2, 0) is 0 Å². The normalized spacial score (nSPS) is 30.4. The third kappa shape index (κ3) is 1.76. The van der Waals surface area contributed by atoms with Gasteiger partial charge in [-0.05, 0) is 31.3 Å². The Morgan fingerprint density at radius 2 is 2.14 bits per heavy atom. The number of hydrogen-bond acceptors (Lipinski definition) is 1. The van der Waals surface area contributed by atoms with Crippen LogP contribution in [0.5, 0.6) is 0 Å². The largest absolute Gasteiger partial charge is 0.324 e. The molecule has 2 rings (SSSR count). The first-order chi connectivity index (χ1) is 6.68. The van der Waals surface area contributed by atoms with Crippen molar-refractivity contribution in [3.8, 4) is 0 Å². The van der Waals surface area contributed by atoms with Crippen LogP contribution in [0.4, 0.5) is 4.39 Å². The summed E-state index contributed by atoms with van der Waals surface area (Å²) in [6.45, 7) is 1.92. The molecule has 0 bridgehead atoms. The van der Waals surface area contributed by atoms with Crippen molar-refractivity contribution >= 4 is 0 Å². The highest BCUT2D eigenvalue weighted by molar-refractivity contribution is 5.27. The van der Waals surface area contributed by atoms with Crippen molar-refractivity contribution in [2.45, 2.75) is 38.6 Å². The first-order valence-corrected chi connectivity index (χ1v) is 5.50. The van der Waals surface area contributed by atoms with E-state index in [1.165, 1.54) is 24.8 Å². The topological polar surface area (TPSA) is 26.0 Å². The molecule has 1 saturated carbocycles. The minimum atomic E-state index is -0.00504. The molecule has 1 nitrogen and oxygen atoms in total. The van der Waals surface area contributed by atoms with Crippen LogP contribution in [0.25, 0.3) is 0 Å². The first kappa shape index (κ1) is 9.91. The van der Waals surface area contributed by atoms with Gasteiger partial charge in [0.15, 0.2) is 0 Å². The van der Waals surface area contributed by atoms with Gasteiger partial charge in [0, 0.05) is 12.0 Å². The predicted molar refractivity (Wildman–Crippen MR) is 56.4 cm³/mol. The Balaban J connectivity index is 2.04. The van der Waals surface area contributed by atoms with Crippen molar-refractivity contribution in [2.75, 3.05) is 0 Å². The van der Waals surface area contributed by atoms with Crippen LogP contribution < -0.4 is 5.73 Å². The van der Waals surface area contributed by atoms with Crippen LogP contribution in [0, 0.1) is 11.8 Å². The zero-order valence-corrected chi connectivity index (χ0v) is 8.67. The molecule has 14 heavy (non-hydrogen) atoms. The smallest absolute Gasteiger partial charge is 0.103 e. The lowest BCUT2D eigenvalue weighted by atomic mass is 9.75. The monoisotopic (exact) mass is 195 g/mol. The van der Waals surface area contributed by atoms with Gasteiger partial charge in [0.1, 0.15) is 5.83 Å². The molecule has 78 valence electrons. The molecule has 0 aromatic rings. The summed E-state index contributed by atoms with van der Waals surface area (Å²) in [4.78, 5) is 0. The molecule has 0 aromatic carbocycles. The first-order valence-electron chi connectivity index (χ1n) is 5.50. The highest BCUT2D eigenvalue weighted by Crippen LogP contribution is 2.35. The summed E-state index contributed by atoms with van der Waals surface area (Å²) in [6.07, 6.45) is 8.09. The maximum Gasteiger partial charge on any atom is 0.103 e. The highest BCUT2D eigenvalue weighted by atomic mass is 19.1. The molecule has 2 N–H and O–H groups in total. The maximum atomic E-state index is 13.1. The second kappa shape index (κ2) is 3.85. The summed E-state index contributed by atoms with van der Waals surface area (Å²) in [7, 11) is 0. The fourth-order valence-electron chi connectivity index (χ4n) is 2.22. The van der Waals surface area contributed by atoms with Crippen LogP contribution in [0.2, 0.25) is 0 Å². The molecule has 2 aliphatic carbocycles. The second-order valence-electron chi connectivity index (χ2n) is 4.62. The third-order valence-corrected chi connectivity index (χ3v) is 3.56. The minimum Gasteiger partial charge on any atom is -0.324 e. The van der Waals surface area contributed by atoms with Gasteiger partial charge < -0.3 is 5.73 Å². The summed E-state index contributed by atoms with van der Waals surface area (Å²) in [5, 5.41) is 0. The highest BCUT2D eigenvalue weighted by Gasteiger charge is 2.28. The number of rotatable bonds is 2. The summed E-state index contributed by atoms with van der Waals surface area (Å²) < 4.78 is 13.1.